The summed E-state index contributed by atoms with van der Waals surface area (Å²) in [7, 11) is 0. The van der Waals surface area contributed by atoms with Gasteiger partial charge in [0, 0.05) is 43.5 Å². The fourth-order valence-electron chi connectivity index (χ4n) is 3.79. The zero-order valence-electron chi connectivity index (χ0n) is 16.8. The number of nitro benzene ring substituents is 1. The summed E-state index contributed by atoms with van der Waals surface area (Å²) in [6.07, 6.45) is 0. The molecular weight excluding hydrogens is 400 g/mol. The van der Waals surface area contributed by atoms with Crippen molar-refractivity contribution in [2.75, 3.05) is 38.0 Å². The van der Waals surface area contributed by atoms with Crippen LogP contribution in [0.4, 0.5) is 11.4 Å². The Balaban J connectivity index is 1.30. The molecule has 7 nitrogen and oxygen atoms in total. The number of amides is 1. The molecule has 2 heterocycles. The molecule has 4 rings (SSSR count). The Bertz CT molecular complexity index is 1070. The summed E-state index contributed by atoms with van der Waals surface area (Å²) in [4.78, 5) is 27.7. The second-order valence-electron chi connectivity index (χ2n) is 7.64. The Morgan fingerprint density at radius 3 is 2.63 bits per heavy atom. The van der Waals surface area contributed by atoms with Crippen molar-refractivity contribution in [2.24, 2.45) is 0 Å². The van der Waals surface area contributed by atoms with E-state index in [0.717, 1.165) is 38.3 Å². The van der Waals surface area contributed by atoms with Crippen LogP contribution in [0.1, 0.15) is 11.1 Å². The Morgan fingerprint density at radius 1 is 1.13 bits per heavy atom. The van der Waals surface area contributed by atoms with Gasteiger partial charge in [-0.15, -0.1) is 11.3 Å². The second-order valence-corrected chi connectivity index (χ2v) is 8.55. The lowest BCUT2D eigenvalue weighted by atomic mass is 10.1. The molecule has 1 aliphatic rings. The van der Waals surface area contributed by atoms with Crippen molar-refractivity contribution < 1.29 is 9.72 Å². The quantitative estimate of drug-likeness (QED) is 0.480. The molecule has 1 N–H and O–H groups in total. The molecule has 0 spiro atoms. The number of rotatable bonds is 6. The monoisotopic (exact) mass is 424 g/mol. The summed E-state index contributed by atoms with van der Waals surface area (Å²) in [5, 5.41) is 17.5. The average Bonchev–Trinajstić information content (AvgIpc) is 3.13. The lowest BCUT2D eigenvalue weighted by molar-refractivity contribution is -0.384. The van der Waals surface area contributed by atoms with Crippen LogP contribution >= 0.6 is 11.3 Å². The largest absolute Gasteiger partial charge is 0.319 e. The van der Waals surface area contributed by atoms with E-state index in [1.807, 2.05) is 0 Å². The highest BCUT2D eigenvalue weighted by Crippen LogP contribution is 2.27. The highest BCUT2D eigenvalue weighted by Gasteiger charge is 2.21. The number of nitrogens with zero attached hydrogens (tertiary/aromatic N) is 3. The minimum atomic E-state index is -0.463. The van der Waals surface area contributed by atoms with E-state index >= 15 is 0 Å². The number of carbonyl (C=O) groups is 1. The molecule has 0 saturated carbocycles. The van der Waals surface area contributed by atoms with Crippen molar-refractivity contribution in [1.82, 2.24) is 9.80 Å². The summed E-state index contributed by atoms with van der Waals surface area (Å²) < 4.78 is 1.31. The minimum absolute atomic E-state index is 0.0730. The maximum Gasteiger partial charge on any atom is 0.293 e. The summed E-state index contributed by atoms with van der Waals surface area (Å²) in [5.41, 5.74) is 2.32. The molecular formula is C22H24N4O3S. The van der Waals surface area contributed by atoms with Gasteiger partial charge >= 0.3 is 0 Å². The molecule has 1 fully saturated rings. The van der Waals surface area contributed by atoms with Crippen LogP contribution in [0, 0.1) is 17.0 Å². The van der Waals surface area contributed by atoms with E-state index in [1.54, 1.807) is 30.4 Å². The summed E-state index contributed by atoms with van der Waals surface area (Å²) in [6, 6.07) is 13.3. The standard InChI is InChI=1S/C22H24N4O3S/c1-16-6-7-19(20(12-16)26(28)29)23-22(27)14-25-10-8-24(9-11-25)13-17-15-30-21-5-3-2-4-18(17)21/h2-7,12,15H,8-11,13-14H2,1H3,(H,23,27). The third-order valence-electron chi connectivity index (χ3n) is 5.41. The van der Waals surface area contributed by atoms with Crippen molar-refractivity contribution in [3.8, 4) is 0 Å². The third kappa shape index (κ3) is 4.67. The van der Waals surface area contributed by atoms with E-state index < -0.39 is 4.92 Å². The van der Waals surface area contributed by atoms with Crippen LogP contribution < -0.4 is 5.32 Å². The molecule has 0 atom stereocenters. The number of thiophene rings is 1. The van der Waals surface area contributed by atoms with Gasteiger partial charge in [-0.1, -0.05) is 24.3 Å². The lowest BCUT2D eigenvalue weighted by Gasteiger charge is -2.34. The Morgan fingerprint density at radius 2 is 1.87 bits per heavy atom. The number of fused-ring (bicyclic) bond motifs is 1. The second kappa shape index (κ2) is 8.91. The smallest absolute Gasteiger partial charge is 0.293 e. The fourth-order valence-corrected chi connectivity index (χ4v) is 4.75. The van der Waals surface area contributed by atoms with Gasteiger partial charge in [-0.2, -0.15) is 0 Å². The van der Waals surface area contributed by atoms with E-state index in [4.69, 9.17) is 0 Å². The van der Waals surface area contributed by atoms with Crippen LogP contribution in [0.5, 0.6) is 0 Å². The van der Waals surface area contributed by atoms with Gasteiger partial charge in [0.25, 0.3) is 5.69 Å². The number of anilines is 1. The molecule has 30 heavy (non-hydrogen) atoms. The topological polar surface area (TPSA) is 78.7 Å². The van der Waals surface area contributed by atoms with Crippen molar-refractivity contribution >= 4 is 38.7 Å². The van der Waals surface area contributed by atoms with Gasteiger partial charge in [0.05, 0.1) is 11.5 Å². The molecule has 0 unspecified atom stereocenters. The number of piperazine rings is 1. The first kappa shape index (κ1) is 20.5. The Kier molecular flexibility index (Phi) is 6.08. The number of nitrogens with one attached hydrogen (secondary N) is 1. The maximum atomic E-state index is 12.4. The molecule has 0 bridgehead atoms. The normalized spacial score (nSPS) is 15.4. The number of hydrogen-bond donors (Lipinski definition) is 1. The van der Waals surface area contributed by atoms with Crippen molar-refractivity contribution in [3.05, 3.63) is 69.1 Å². The molecule has 0 aliphatic carbocycles. The van der Waals surface area contributed by atoms with Gasteiger partial charge in [0.1, 0.15) is 5.69 Å². The van der Waals surface area contributed by atoms with Gasteiger partial charge < -0.3 is 5.32 Å². The van der Waals surface area contributed by atoms with E-state index in [2.05, 4.69) is 44.8 Å². The van der Waals surface area contributed by atoms with Crippen LogP contribution in [0.2, 0.25) is 0 Å². The molecule has 2 aromatic carbocycles. The third-order valence-corrected chi connectivity index (χ3v) is 6.42. The SMILES string of the molecule is Cc1ccc(NC(=O)CN2CCN(Cc3csc4ccccc34)CC2)c([N+](=O)[O-])c1. The first-order chi connectivity index (χ1) is 14.5. The minimum Gasteiger partial charge on any atom is -0.319 e. The number of hydrogen-bond acceptors (Lipinski definition) is 6. The average molecular weight is 425 g/mol. The summed E-state index contributed by atoms with van der Waals surface area (Å²) in [6.45, 7) is 6.32. The zero-order valence-corrected chi connectivity index (χ0v) is 17.7. The van der Waals surface area contributed by atoms with Gasteiger partial charge in [-0.3, -0.25) is 24.7 Å². The molecule has 1 amide bonds. The van der Waals surface area contributed by atoms with Crippen LogP contribution in [-0.2, 0) is 11.3 Å². The first-order valence-corrected chi connectivity index (χ1v) is 10.8. The Hall–Kier alpha value is -2.81. The van der Waals surface area contributed by atoms with E-state index in [9.17, 15) is 14.9 Å². The summed E-state index contributed by atoms with van der Waals surface area (Å²) in [5.74, 6) is -0.223. The fraction of sp³-hybridized carbons (Fsp3) is 0.318. The molecule has 156 valence electrons. The zero-order chi connectivity index (χ0) is 21.1. The lowest BCUT2D eigenvalue weighted by Crippen LogP contribution is -2.48. The predicted octanol–water partition coefficient (Wildman–Crippen LogP) is 3.87. The van der Waals surface area contributed by atoms with E-state index in [-0.39, 0.29) is 23.8 Å². The molecule has 1 aromatic heterocycles. The number of benzene rings is 2. The molecule has 0 radical (unpaired) electrons. The van der Waals surface area contributed by atoms with Crippen LogP contribution in [0.15, 0.2) is 47.8 Å². The van der Waals surface area contributed by atoms with Crippen LogP contribution in [0.3, 0.4) is 0 Å². The van der Waals surface area contributed by atoms with E-state index in [1.165, 1.54) is 21.7 Å². The van der Waals surface area contributed by atoms with E-state index in [0.29, 0.717) is 0 Å². The van der Waals surface area contributed by atoms with Gasteiger partial charge in [0.2, 0.25) is 5.91 Å². The Labute approximate surface area is 179 Å². The molecule has 1 aliphatic heterocycles. The molecule has 3 aromatic rings. The highest BCUT2D eigenvalue weighted by molar-refractivity contribution is 7.17. The molecule has 1 saturated heterocycles. The number of carbonyl (C=O) groups excluding carboxylic acids is 1. The van der Waals surface area contributed by atoms with Gasteiger partial charge in [-0.25, -0.2) is 0 Å². The van der Waals surface area contributed by atoms with Crippen molar-refractivity contribution in [3.63, 3.8) is 0 Å². The number of nitro groups is 1. The van der Waals surface area contributed by atoms with Crippen molar-refractivity contribution in [2.45, 2.75) is 13.5 Å². The molecule has 8 heteroatoms. The number of aryl methyl sites for hydroxylation is 1. The van der Waals surface area contributed by atoms with Gasteiger partial charge in [-0.05, 0) is 40.9 Å². The van der Waals surface area contributed by atoms with Crippen molar-refractivity contribution in [1.29, 1.82) is 0 Å². The predicted molar refractivity (Wildman–Crippen MR) is 120 cm³/mol. The first-order valence-electron chi connectivity index (χ1n) is 9.94. The highest BCUT2D eigenvalue weighted by atomic mass is 32.1. The van der Waals surface area contributed by atoms with Crippen LogP contribution in [0.25, 0.3) is 10.1 Å². The van der Waals surface area contributed by atoms with Crippen LogP contribution in [-0.4, -0.2) is 53.4 Å². The van der Waals surface area contributed by atoms with Gasteiger partial charge in [0.15, 0.2) is 0 Å². The summed E-state index contributed by atoms with van der Waals surface area (Å²) >= 11 is 1.78. The maximum absolute atomic E-state index is 12.4.